The van der Waals surface area contributed by atoms with E-state index in [-0.39, 0.29) is 18.4 Å². The number of hydrogen-bond donors (Lipinski definition) is 1. The molecule has 0 saturated carbocycles. The van der Waals surface area contributed by atoms with Gasteiger partial charge in [0.2, 0.25) is 5.91 Å². The first-order valence-corrected chi connectivity index (χ1v) is 9.86. The molecule has 2 heterocycles. The van der Waals surface area contributed by atoms with Gasteiger partial charge < -0.3 is 14.6 Å². The Hall–Kier alpha value is -2.46. The smallest absolute Gasteiger partial charge is 0.384 e. The average Bonchev–Trinajstić information content (AvgIpc) is 3.01. The second-order valence-corrected chi connectivity index (χ2v) is 7.38. The second-order valence-electron chi connectivity index (χ2n) is 7.38. The van der Waals surface area contributed by atoms with Crippen LogP contribution in [0.4, 0.5) is 13.2 Å². The lowest BCUT2D eigenvalue weighted by Crippen LogP contribution is -2.30. The summed E-state index contributed by atoms with van der Waals surface area (Å²) >= 11 is 0. The molecule has 1 aromatic carbocycles. The van der Waals surface area contributed by atoms with Gasteiger partial charge in [-0.15, -0.1) is 10.2 Å². The Morgan fingerprint density at radius 3 is 2.80 bits per heavy atom. The van der Waals surface area contributed by atoms with E-state index in [1.54, 1.807) is 13.2 Å². The van der Waals surface area contributed by atoms with Gasteiger partial charge in [0.05, 0.1) is 18.2 Å². The summed E-state index contributed by atoms with van der Waals surface area (Å²) in [5, 5.41) is 11.4. The maximum absolute atomic E-state index is 13.0. The van der Waals surface area contributed by atoms with Crippen molar-refractivity contribution in [3.63, 3.8) is 0 Å². The third-order valence-corrected chi connectivity index (χ3v) is 5.11. The fraction of sp³-hybridized carbons (Fsp3) is 0.550. The Morgan fingerprint density at radius 1 is 1.27 bits per heavy atom. The first-order chi connectivity index (χ1) is 14.3. The monoisotopic (exact) mass is 425 g/mol. The summed E-state index contributed by atoms with van der Waals surface area (Å²) < 4.78 is 45.8. The predicted molar refractivity (Wildman–Crippen MR) is 103 cm³/mol. The first-order valence-electron chi connectivity index (χ1n) is 9.86. The van der Waals surface area contributed by atoms with Gasteiger partial charge in [-0.3, -0.25) is 9.69 Å². The molecule has 1 aliphatic heterocycles. The predicted octanol–water partition coefficient (Wildman–Crippen LogP) is 2.57. The van der Waals surface area contributed by atoms with E-state index in [1.807, 2.05) is 11.5 Å². The molecule has 1 aliphatic rings. The molecule has 0 fully saturated rings. The number of fused-ring (bicyclic) bond motifs is 1. The van der Waals surface area contributed by atoms with Crippen LogP contribution in [0.5, 0.6) is 0 Å². The summed E-state index contributed by atoms with van der Waals surface area (Å²) in [7, 11) is 1.54. The molecule has 0 unspecified atom stereocenters. The van der Waals surface area contributed by atoms with Crippen LogP contribution in [0.1, 0.15) is 42.2 Å². The van der Waals surface area contributed by atoms with E-state index >= 15 is 0 Å². The van der Waals surface area contributed by atoms with Crippen LogP contribution < -0.4 is 5.32 Å². The lowest BCUT2D eigenvalue weighted by molar-refractivity contribution is -0.137. The second kappa shape index (κ2) is 9.57. The first kappa shape index (κ1) is 22.2. The molecular formula is C20H26F3N5O2. The standard InChI is InChI=1S/C20H26F3N5O2/c1-14(24-18(29)7-11-30-2)19-26-25-17-6-8-27(9-10-28(17)19)13-15-4-3-5-16(12-15)20(21,22)23/h3-5,12,14H,6-11,13H2,1-2H3,(H,24,29)/t14-/m0/s1. The third kappa shape index (κ3) is 5.57. The molecule has 0 aliphatic carbocycles. The zero-order valence-electron chi connectivity index (χ0n) is 17.1. The number of amides is 1. The van der Waals surface area contributed by atoms with Crippen LogP contribution in [0.2, 0.25) is 0 Å². The van der Waals surface area contributed by atoms with E-state index in [2.05, 4.69) is 20.4 Å². The van der Waals surface area contributed by atoms with Crippen molar-refractivity contribution in [1.82, 2.24) is 25.0 Å². The fourth-order valence-electron chi connectivity index (χ4n) is 3.54. The highest BCUT2D eigenvalue weighted by molar-refractivity contribution is 5.76. The van der Waals surface area contributed by atoms with Crippen molar-refractivity contribution in [2.24, 2.45) is 0 Å². The van der Waals surface area contributed by atoms with Crippen molar-refractivity contribution < 1.29 is 22.7 Å². The molecule has 1 aromatic heterocycles. The van der Waals surface area contributed by atoms with E-state index in [9.17, 15) is 18.0 Å². The summed E-state index contributed by atoms with van der Waals surface area (Å²) in [5.41, 5.74) is -0.00577. The molecule has 0 bridgehead atoms. The molecule has 7 nitrogen and oxygen atoms in total. The molecule has 10 heteroatoms. The summed E-state index contributed by atoms with van der Waals surface area (Å²) in [4.78, 5) is 14.1. The number of halogens is 3. The molecule has 1 N–H and O–H groups in total. The summed E-state index contributed by atoms with van der Waals surface area (Å²) in [6.45, 7) is 4.56. The lowest BCUT2D eigenvalue weighted by Gasteiger charge is -2.21. The Morgan fingerprint density at radius 2 is 2.07 bits per heavy atom. The molecule has 1 amide bonds. The van der Waals surface area contributed by atoms with Gasteiger partial charge in [0.15, 0.2) is 5.82 Å². The van der Waals surface area contributed by atoms with Crippen LogP contribution in [0, 0.1) is 0 Å². The molecule has 0 radical (unpaired) electrons. The maximum atomic E-state index is 13.0. The van der Waals surface area contributed by atoms with E-state index < -0.39 is 11.7 Å². The topological polar surface area (TPSA) is 72.3 Å². The molecule has 2 aromatic rings. The highest BCUT2D eigenvalue weighted by Crippen LogP contribution is 2.30. The van der Waals surface area contributed by atoms with Crippen LogP contribution >= 0.6 is 0 Å². The number of nitrogens with zero attached hydrogens (tertiary/aromatic N) is 4. The number of benzene rings is 1. The van der Waals surface area contributed by atoms with E-state index in [4.69, 9.17) is 4.74 Å². The number of nitrogens with one attached hydrogen (secondary N) is 1. The highest BCUT2D eigenvalue weighted by Gasteiger charge is 2.30. The van der Waals surface area contributed by atoms with Crippen molar-refractivity contribution >= 4 is 5.91 Å². The van der Waals surface area contributed by atoms with Gasteiger partial charge >= 0.3 is 6.18 Å². The maximum Gasteiger partial charge on any atom is 0.416 e. The van der Waals surface area contributed by atoms with Crippen LogP contribution in [0.15, 0.2) is 24.3 Å². The number of methoxy groups -OCH3 is 1. The third-order valence-electron chi connectivity index (χ3n) is 5.11. The number of carbonyl (C=O) groups excluding carboxylic acids is 1. The van der Waals surface area contributed by atoms with Crippen LogP contribution in [0.3, 0.4) is 0 Å². The zero-order chi connectivity index (χ0) is 21.7. The van der Waals surface area contributed by atoms with Crippen molar-refractivity contribution in [3.05, 3.63) is 47.0 Å². The normalized spacial score (nSPS) is 16.0. The van der Waals surface area contributed by atoms with Gasteiger partial charge in [0, 0.05) is 46.1 Å². The Bertz CT molecular complexity index is 868. The number of hydrogen-bond acceptors (Lipinski definition) is 5. The molecule has 3 rings (SSSR count). The number of ether oxygens (including phenoxy) is 1. The SMILES string of the molecule is COCCC(=O)N[C@@H](C)c1nnc2n1CCN(Cc1cccc(C(F)(F)F)c1)CC2. The molecule has 30 heavy (non-hydrogen) atoms. The van der Waals surface area contributed by atoms with Gasteiger partial charge in [0.25, 0.3) is 0 Å². The molecular weight excluding hydrogens is 399 g/mol. The number of aromatic nitrogens is 3. The van der Waals surface area contributed by atoms with Crippen molar-refractivity contribution in [1.29, 1.82) is 0 Å². The molecule has 164 valence electrons. The number of rotatable bonds is 7. The minimum absolute atomic E-state index is 0.124. The molecule has 0 spiro atoms. The van der Waals surface area contributed by atoms with E-state index in [0.717, 1.165) is 11.9 Å². The number of alkyl halides is 3. The largest absolute Gasteiger partial charge is 0.416 e. The Labute approximate surface area is 173 Å². The average molecular weight is 425 g/mol. The lowest BCUT2D eigenvalue weighted by atomic mass is 10.1. The van der Waals surface area contributed by atoms with Gasteiger partial charge in [-0.05, 0) is 18.6 Å². The van der Waals surface area contributed by atoms with E-state index in [0.29, 0.717) is 50.6 Å². The minimum Gasteiger partial charge on any atom is -0.384 e. The minimum atomic E-state index is -4.35. The Balaban J connectivity index is 1.63. The van der Waals surface area contributed by atoms with Gasteiger partial charge in [-0.25, -0.2) is 0 Å². The molecule has 0 saturated heterocycles. The summed E-state index contributed by atoms with van der Waals surface area (Å²) in [6.07, 6.45) is -3.44. The van der Waals surface area contributed by atoms with Gasteiger partial charge in [-0.2, -0.15) is 13.2 Å². The van der Waals surface area contributed by atoms with E-state index in [1.165, 1.54) is 12.1 Å². The highest BCUT2D eigenvalue weighted by atomic mass is 19.4. The summed E-state index contributed by atoms with van der Waals surface area (Å²) in [6, 6.07) is 5.14. The van der Waals surface area contributed by atoms with Crippen LogP contribution in [-0.2, 0) is 35.2 Å². The van der Waals surface area contributed by atoms with Gasteiger partial charge in [0.1, 0.15) is 5.82 Å². The van der Waals surface area contributed by atoms with Crippen molar-refractivity contribution in [2.45, 2.75) is 45.1 Å². The van der Waals surface area contributed by atoms with Crippen molar-refractivity contribution in [3.8, 4) is 0 Å². The van der Waals surface area contributed by atoms with Crippen LogP contribution in [0.25, 0.3) is 0 Å². The Kier molecular flexibility index (Phi) is 7.09. The fourth-order valence-corrected chi connectivity index (χ4v) is 3.54. The van der Waals surface area contributed by atoms with Gasteiger partial charge in [-0.1, -0.05) is 18.2 Å². The zero-order valence-corrected chi connectivity index (χ0v) is 17.1. The summed E-state index contributed by atoms with van der Waals surface area (Å²) in [5.74, 6) is 1.37. The molecule has 1 atom stereocenters. The quantitative estimate of drug-likeness (QED) is 0.738. The van der Waals surface area contributed by atoms with Crippen molar-refractivity contribution in [2.75, 3.05) is 26.8 Å². The number of carbonyl (C=O) groups is 1. The van der Waals surface area contributed by atoms with Crippen LogP contribution in [-0.4, -0.2) is 52.4 Å².